The van der Waals surface area contributed by atoms with E-state index in [1.54, 1.807) is 6.07 Å². The minimum atomic E-state index is -0.448. The van der Waals surface area contributed by atoms with Gasteiger partial charge in [-0.1, -0.05) is 6.07 Å². The van der Waals surface area contributed by atoms with Gasteiger partial charge in [-0.15, -0.1) is 0 Å². The lowest BCUT2D eigenvalue weighted by Gasteiger charge is -2.10. The molecule has 0 aliphatic rings. The minimum absolute atomic E-state index is 0.110. The van der Waals surface area contributed by atoms with Crippen molar-refractivity contribution in [2.45, 2.75) is 6.42 Å². The van der Waals surface area contributed by atoms with E-state index in [2.05, 4.69) is 5.32 Å². The van der Waals surface area contributed by atoms with E-state index in [-0.39, 0.29) is 18.1 Å². The van der Waals surface area contributed by atoms with Crippen LogP contribution in [0.1, 0.15) is 5.56 Å². The van der Waals surface area contributed by atoms with Crippen molar-refractivity contribution < 1.29 is 13.9 Å². The number of hydrogen-bond donors (Lipinski definition) is 1. The number of carbonyl (C=O) groups excluding carboxylic acids is 1. The molecule has 0 saturated carbocycles. The average molecular weight is 254 g/mol. The van der Waals surface area contributed by atoms with E-state index in [4.69, 9.17) is 4.74 Å². The van der Waals surface area contributed by atoms with E-state index < -0.39 is 5.82 Å². The average Bonchev–Trinajstić information content (AvgIpc) is 2.28. The highest BCUT2D eigenvalue weighted by Gasteiger charge is 2.07. The number of rotatable bonds is 6. The maximum atomic E-state index is 13.4. The molecule has 1 aromatic carbocycles. The summed E-state index contributed by atoms with van der Waals surface area (Å²) in [5.74, 6) is -0.371. The third-order valence-electron chi connectivity index (χ3n) is 2.46. The van der Waals surface area contributed by atoms with Crippen molar-refractivity contribution in [3.63, 3.8) is 0 Å². The highest BCUT2D eigenvalue weighted by Crippen LogP contribution is 2.17. The number of halogens is 1. The van der Waals surface area contributed by atoms with Crippen LogP contribution in [0.3, 0.4) is 0 Å². The second kappa shape index (κ2) is 6.96. The fourth-order valence-corrected chi connectivity index (χ4v) is 1.49. The third-order valence-corrected chi connectivity index (χ3v) is 2.46. The van der Waals surface area contributed by atoms with Gasteiger partial charge in [0, 0.05) is 13.1 Å². The van der Waals surface area contributed by atoms with E-state index in [1.165, 1.54) is 19.2 Å². The van der Waals surface area contributed by atoms with Gasteiger partial charge in [-0.05, 0) is 31.8 Å². The number of ether oxygens (including phenoxy) is 1. The molecule has 1 rings (SSSR count). The normalized spacial score (nSPS) is 10.5. The largest absolute Gasteiger partial charge is 0.494 e. The lowest BCUT2D eigenvalue weighted by molar-refractivity contribution is -0.120. The Labute approximate surface area is 107 Å². The highest BCUT2D eigenvalue weighted by molar-refractivity contribution is 5.78. The number of benzene rings is 1. The van der Waals surface area contributed by atoms with Gasteiger partial charge < -0.3 is 15.0 Å². The van der Waals surface area contributed by atoms with Gasteiger partial charge in [-0.25, -0.2) is 4.39 Å². The topological polar surface area (TPSA) is 41.6 Å². The Morgan fingerprint density at radius 3 is 2.72 bits per heavy atom. The van der Waals surface area contributed by atoms with Gasteiger partial charge in [0.2, 0.25) is 5.91 Å². The summed E-state index contributed by atoms with van der Waals surface area (Å²) < 4.78 is 18.2. The molecule has 0 aromatic heterocycles. The first-order chi connectivity index (χ1) is 8.52. The summed E-state index contributed by atoms with van der Waals surface area (Å²) in [5.41, 5.74) is 0.635. The number of nitrogens with zero attached hydrogens (tertiary/aromatic N) is 1. The molecular weight excluding hydrogens is 235 g/mol. The molecule has 0 bridgehead atoms. The summed E-state index contributed by atoms with van der Waals surface area (Å²) in [4.78, 5) is 13.6. The molecule has 4 nitrogen and oxygen atoms in total. The highest BCUT2D eigenvalue weighted by atomic mass is 19.1. The maximum absolute atomic E-state index is 13.4. The van der Waals surface area contributed by atoms with Crippen LogP contribution in [0, 0.1) is 5.82 Å². The van der Waals surface area contributed by atoms with Crippen LogP contribution in [-0.4, -0.2) is 45.1 Å². The summed E-state index contributed by atoms with van der Waals surface area (Å²) >= 11 is 0. The van der Waals surface area contributed by atoms with Crippen LogP contribution in [0.5, 0.6) is 5.75 Å². The number of hydrogen-bond acceptors (Lipinski definition) is 3. The zero-order chi connectivity index (χ0) is 13.5. The van der Waals surface area contributed by atoms with Gasteiger partial charge in [0.25, 0.3) is 0 Å². The molecule has 0 spiro atoms. The first-order valence-corrected chi connectivity index (χ1v) is 5.76. The van der Waals surface area contributed by atoms with E-state index in [9.17, 15) is 9.18 Å². The van der Waals surface area contributed by atoms with Crippen molar-refractivity contribution in [2.24, 2.45) is 0 Å². The Morgan fingerprint density at radius 1 is 1.44 bits per heavy atom. The van der Waals surface area contributed by atoms with E-state index in [1.807, 2.05) is 19.0 Å². The van der Waals surface area contributed by atoms with Gasteiger partial charge in [0.1, 0.15) is 0 Å². The molecule has 0 heterocycles. The molecule has 0 saturated heterocycles. The van der Waals surface area contributed by atoms with Crippen LogP contribution >= 0.6 is 0 Å². The van der Waals surface area contributed by atoms with Crippen molar-refractivity contribution in [3.05, 3.63) is 29.6 Å². The Morgan fingerprint density at radius 2 is 2.17 bits per heavy atom. The molecule has 0 fully saturated rings. The second-order valence-corrected chi connectivity index (χ2v) is 4.30. The number of nitrogens with one attached hydrogen (secondary N) is 1. The van der Waals surface area contributed by atoms with E-state index in [0.717, 1.165) is 6.54 Å². The summed E-state index contributed by atoms with van der Waals surface area (Å²) in [6, 6.07) is 4.54. The van der Waals surface area contributed by atoms with Gasteiger partial charge in [-0.3, -0.25) is 4.79 Å². The Balaban J connectivity index is 2.47. The summed E-state index contributed by atoms with van der Waals surface area (Å²) in [5, 5.41) is 2.78. The predicted molar refractivity (Wildman–Crippen MR) is 68.2 cm³/mol. The molecule has 1 aromatic rings. The number of likely N-dealkylation sites (N-methyl/N-ethyl adjacent to an activating group) is 1. The van der Waals surface area contributed by atoms with E-state index >= 15 is 0 Å². The summed E-state index contributed by atoms with van der Waals surface area (Å²) in [6.45, 7) is 1.37. The van der Waals surface area contributed by atoms with Crippen LogP contribution in [0.25, 0.3) is 0 Å². The molecule has 1 N–H and O–H groups in total. The zero-order valence-corrected chi connectivity index (χ0v) is 11.0. The van der Waals surface area contributed by atoms with Crippen molar-refractivity contribution in [2.75, 3.05) is 34.3 Å². The van der Waals surface area contributed by atoms with Crippen LogP contribution in [0.4, 0.5) is 4.39 Å². The van der Waals surface area contributed by atoms with Gasteiger partial charge in [0.05, 0.1) is 13.5 Å². The lowest BCUT2D eigenvalue weighted by Crippen LogP contribution is -2.32. The third kappa shape index (κ3) is 4.71. The molecule has 0 radical (unpaired) electrons. The molecule has 0 aliphatic carbocycles. The molecule has 5 heteroatoms. The van der Waals surface area contributed by atoms with Crippen molar-refractivity contribution in [3.8, 4) is 5.75 Å². The summed E-state index contributed by atoms with van der Waals surface area (Å²) in [6.07, 6.45) is 0.175. The van der Waals surface area contributed by atoms with Gasteiger partial charge in [0.15, 0.2) is 11.6 Å². The SMILES string of the molecule is COc1ccc(CC(=O)NCCN(C)C)cc1F. The smallest absolute Gasteiger partial charge is 0.224 e. The molecule has 0 aliphatic heterocycles. The Bertz CT molecular complexity index is 408. The quantitative estimate of drug-likeness (QED) is 0.825. The van der Waals surface area contributed by atoms with Crippen LogP contribution in [-0.2, 0) is 11.2 Å². The fraction of sp³-hybridized carbons (Fsp3) is 0.462. The maximum Gasteiger partial charge on any atom is 0.224 e. The molecular formula is C13H19FN2O2. The van der Waals surface area contributed by atoms with Crippen LogP contribution in [0.15, 0.2) is 18.2 Å². The molecule has 0 unspecified atom stereocenters. The Kier molecular flexibility index (Phi) is 5.58. The molecule has 18 heavy (non-hydrogen) atoms. The van der Waals surface area contributed by atoms with Gasteiger partial charge in [-0.2, -0.15) is 0 Å². The molecule has 0 atom stereocenters. The second-order valence-electron chi connectivity index (χ2n) is 4.30. The molecule has 100 valence electrons. The zero-order valence-electron chi connectivity index (χ0n) is 11.0. The minimum Gasteiger partial charge on any atom is -0.494 e. The number of amides is 1. The fourth-order valence-electron chi connectivity index (χ4n) is 1.49. The van der Waals surface area contributed by atoms with Crippen LogP contribution in [0.2, 0.25) is 0 Å². The monoisotopic (exact) mass is 254 g/mol. The van der Waals surface area contributed by atoms with Crippen LogP contribution < -0.4 is 10.1 Å². The lowest BCUT2D eigenvalue weighted by atomic mass is 10.1. The standard InChI is InChI=1S/C13H19FN2O2/c1-16(2)7-6-15-13(17)9-10-4-5-12(18-3)11(14)8-10/h4-5,8H,6-7,9H2,1-3H3,(H,15,17). The Hall–Kier alpha value is -1.62. The van der Waals surface area contributed by atoms with Crippen molar-refractivity contribution in [1.29, 1.82) is 0 Å². The number of carbonyl (C=O) groups is 1. The summed E-state index contributed by atoms with van der Waals surface area (Å²) in [7, 11) is 5.28. The molecule has 1 amide bonds. The van der Waals surface area contributed by atoms with Crippen molar-refractivity contribution in [1.82, 2.24) is 10.2 Å². The van der Waals surface area contributed by atoms with E-state index in [0.29, 0.717) is 12.1 Å². The van der Waals surface area contributed by atoms with Crippen molar-refractivity contribution >= 4 is 5.91 Å². The first-order valence-electron chi connectivity index (χ1n) is 5.76. The predicted octanol–water partition coefficient (Wildman–Crippen LogP) is 1.05. The first kappa shape index (κ1) is 14.4. The van der Waals surface area contributed by atoms with Gasteiger partial charge >= 0.3 is 0 Å². The number of methoxy groups -OCH3 is 1.